The smallest absolute Gasteiger partial charge is 0.396 e. The average Bonchev–Trinajstić information content (AvgIpc) is 2.26. The molecule has 0 spiro atoms. The Morgan fingerprint density at radius 1 is 1.50 bits per heavy atom. The number of anilines is 2. The van der Waals surface area contributed by atoms with Crippen LogP contribution < -0.4 is 11.1 Å². The summed E-state index contributed by atoms with van der Waals surface area (Å²) in [4.78, 5) is 3.26. The molecule has 0 aliphatic carbocycles. The SMILES string of the molecule is COCC(C)CNc1cc(C(F)(F)F)ncc1N. The van der Waals surface area contributed by atoms with Crippen LogP contribution in [0.4, 0.5) is 24.5 Å². The van der Waals surface area contributed by atoms with Crippen LogP contribution in [0.2, 0.25) is 0 Å². The molecule has 1 aromatic heterocycles. The Hall–Kier alpha value is -1.50. The van der Waals surface area contributed by atoms with E-state index < -0.39 is 11.9 Å². The van der Waals surface area contributed by atoms with E-state index in [4.69, 9.17) is 10.5 Å². The number of methoxy groups -OCH3 is 1. The van der Waals surface area contributed by atoms with Crippen molar-refractivity contribution in [3.05, 3.63) is 18.0 Å². The number of pyridine rings is 1. The standard InChI is InChI=1S/C11H16F3N3O/c1-7(6-18-2)4-16-9-3-10(11(12,13)14)17-5-8(9)15/h3,5,7H,4,6,15H2,1-2H3,(H,16,17). The Balaban J connectivity index is 2.76. The van der Waals surface area contributed by atoms with Crippen LogP contribution in [0.1, 0.15) is 12.6 Å². The molecule has 1 aromatic rings. The molecule has 0 bridgehead atoms. The van der Waals surface area contributed by atoms with Gasteiger partial charge in [0.15, 0.2) is 0 Å². The summed E-state index contributed by atoms with van der Waals surface area (Å²) >= 11 is 0. The summed E-state index contributed by atoms with van der Waals surface area (Å²) in [7, 11) is 1.57. The van der Waals surface area contributed by atoms with Gasteiger partial charge in [0.1, 0.15) is 5.69 Å². The number of ether oxygens (including phenoxy) is 1. The monoisotopic (exact) mass is 263 g/mol. The minimum Gasteiger partial charge on any atom is -0.396 e. The van der Waals surface area contributed by atoms with E-state index in [0.29, 0.717) is 13.2 Å². The van der Waals surface area contributed by atoms with E-state index in [1.807, 2.05) is 6.92 Å². The van der Waals surface area contributed by atoms with Gasteiger partial charge in [-0.15, -0.1) is 0 Å². The van der Waals surface area contributed by atoms with Crippen molar-refractivity contribution >= 4 is 11.4 Å². The summed E-state index contributed by atoms with van der Waals surface area (Å²) < 4.78 is 42.3. The van der Waals surface area contributed by atoms with E-state index in [1.54, 1.807) is 7.11 Å². The molecule has 18 heavy (non-hydrogen) atoms. The molecule has 3 N–H and O–H groups in total. The lowest BCUT2D eigenvalue weighted by Crippen LogP contribution is -2.17. The van der Waals surface area contributed by atoms with Crippen LogP contribution in [0.15, 0.2) is 12.3 Å². The summed E-state index contributed by atoms with van der Waals surface area (Å²) in [6.45, 7) is 2.90. The predicted molar refractivity (Wildman–Crippen MR) is 63.2 cm³/mol. The van der Waals surface area contributed by atoms with Crippen LogP contribution in [0.25, 0.3) is 0 Å². The molecule has 4 nitrogen and oxygen atoms in total. The summed E-state index contributed by atoms with van der Waals surface area (Å²) in [5, 5.41) is 2.86. The first-order chi connectivity index (χ1) is 8.34. The molecule has 0 saturated heterocycles. The number of nitrogens with two attached hydrogens (primary N) is 1. The fraction of sp³-hybridized carbons (Fsp3) is 0.545. The third-order valence-electron chi connectivity index (χ3n) is 2.32. The number of halogens is 3. The molecular formula is C11H16F3N3O. The van der Waals surface area contributed by atoms with Gasteiger partial charge in [0, 0.05) is 13.7 Å². The van der Waals surface area contributed by atoms with Crippen LogP contribution in [0, 0.1) is 5.92 Å². The molecule has 1 unspecified atom stereocenters. The Bertz CT molecular complexity index is 396. The number of nitrogen functional groups attached to an aromatic ring is 1. The number of rotatable bonds is 5. The summed E-state index contributed by atoms with van der Waals surface area (Å²) in [5.41, 5.74) is 5.03. The Labute approximate surface area is 103 Å². The first-order valence-electron chi connectivity index (χ1n) is 5.40. The molecule has 1 heterocycles. The normalized spacial score (nSPS) is 13.4. The Morgan fingerprint density at radius 2 is 2.17 bits per heavy atom. The van der Waals surface area contributed by atoms with Crippen molar-refractivity contribution < 1.29 is 17.9 Å². The van der Waals surface area contributed by atoms with Crippen molar-refractivity contribution in [2.75, 3.05) is 31.3 Å². The highest BCUT2D eigenvalue weighted by atomic mass is 19.4. The third-order valence-corrected chi connectivity index (χ3v) is 2.32. The fourth-order valence-corrected chi connectivity index (χ4v) is 1.40. The van der Waals surface area contributed by atoms with Crippen molar-refractivity contribution in [1.82, 2.24) is 4.98 Å². The number of alkyl halides is 3. The zero-order chi connectivity index (χ0) is 13.8. The number of aromatic nitrogens is 1. The number of nitrogens with zero attached hydrogens (tertiary/aromatic N) is 1. The molecule has 0 aliphatic rings. The molecule has 0 amide bonds. The van der Waals surface area contributed by atoms with Gasteiger partial charge in [0.25, 0.3) is 0 Å². The lowest BCUT2D eigenvalue weighted by molar-refractivity contribution is -0.141. The van der Waals surface area contributed by atoms with Gasteiger partial charge in [-0.2, -0.15) is 13.2 Å². The van der Waals surface area contributed by atoms with Crippen molar-refractivity contribution in [3.63, 3.8) is 0 Å². The maximum Gasteiger partial charge on any atom is 0.433 e. The van der Waals surface area contributed by atoms with Gasteiger partial charge in [0.2, 0.25) is 0 Å². The van der Waals surface area contributed by atoms with Gasteiger partial charge in [-0.05, 0) is 12.0 Å². The zero-order valence-electron chi connectivity index (χ0n) is 10.2. The van der Waals surface area contributed by atoms with Gasteiger partial charge in [0.05, 0.1) is 24.2 Å². The fourth-order valence-electron chi connectivity index (χ4n) is 1.40. The highest BCUT2D eigenvalue weighted by Gasteiger charge is 2.32. The first kappa shape index (κ1) is 14.6. The minimum atomic E-state index is -4.47. The van der Waals surface area contributed by atoms with E-state index >= 15 is 0 Å². The maximum absolute atomic E-state index is 12.5. The summed E-state index contributed by atoms with van der Waals surface area (Å²) in [6.07, 6.45) is -3.46. The largest absolute Gasteiger partial charge is 0.433 e. The second-order valence-electron chi connectivity index (χ2n) is 4.10. The Kier molecular flexibility index (Phi) is 4.77. The predicted octanol–water partition coefficient (Wildman–Crippen LogP) is 2.38. The Morgan fingerprint density at radius 3 is 2.72 bits per heavy atom. The third kappa shape index (κ3) is 4.06. The second-order valence-corrected chi connectivity index (χ2v) is 4.10. The van der Waals surface area contributed by atoms with E-state index in [9.17, 15) is 13.2 Å². The van der Waals surface area contributed by atoms with E-state index in [0.717, 1.165) is 12.3 Å². The summed E-state index contributed by atoms with van der Waals surface area (Å²) in [5.74, 6) is 0.164. The van der Waals surface area contributed by atoms with Gasteiger partial charge >= 0.3 is 6.18 Å². The lowest BCUT2D eigenvalue weighted by Gasteiger charge is -2.15. The van der Waals surface area contributed by atoms with Gasteiger partial charge in [-0.1, -0.05) is 6.92 Å². The van der Waals surface area contributed by atoms with E-state index in [2.05, 4.69) is 10.3 Å². The molecule has 1 atom stereocenters. The molecule has 1 rings (SSSR count). The van der Waals surface area contributed by atoms with Crippen molar-refractivity contribution in [2.45, 2.75) is 13.1 Å². The van der Waals surface area contributed by atoms with Gasteiger partial charge < -0.3 is 15.8 Å². The van der Waals surface area contributed by atoms with Crippen LogP contribution >= 0.6 is 0 Å². The maximum atomic E-state index is 12.5. The average molecular weight is 263 g/mol. The zero-order valence-corrected chi connectivity index (χ0v) is 10.2. The topological polar surface area (TPSA) is 60.2 Å². The number of hydrogen-bond donors (Lipinski definition) is 2. The van der Waals surface area contributed by atoms with Crippen LogP contribution in [0.5, 0.6) is 0 Å². The molecule has 0 saturated carbocycles. The number of hydrogen-bond acceptors (Lipinski definition) is 4. The molecule has 0 radical (unpaired) electrons. The van der Waals surface area contributed by atoms with Crippen molar-refractivity contribution in [3.8, 4) is 0 Å². The van der Waals surface area contributed by atoms with Gasteiger partial charge in [-0.25, -0.2) is 4.98 Å². The lowest BCUT2D eigenvalue weighted by atomic mass is 10.2. The van der Waals surface area contributed by atoms with E-state index in [-0.39, 0.29) is 17.3 Å². The second kappa shape index (κ2) is 5.90. The molecule has 0 aliphatic heterocycles. The first-order valence-corrected chi connectivity index (χ1v) is 5.40. The van der Waals surface area contributed by atoms with Gasteiger partial charge in [-0.3, -0.25) is 0 Å². The minimum absolute atomic E-state index is 0.164. The molecule has 0 aromatic carbocycles. The quantitative estimate of drug-likeness (QED) is 0.856. The molecule has 7 heteroatoms. The highest BCUT2D eigenvalue weighted by molar-refractivity contribution is 5.65. The van der Waals surface area contributed by atoms with Crippen LogP contribution in [0.3, 0.4) is 0 Å². The molecular weight excluding hydrogens is 247 g/mol. The van der Waals surface area contributed by atoms with Crippen LogP contribution in [-0.2, 0) is 10.9 Å². The van der Waals surface area contributed by atoms with Crippen molar-refractivity contribution in [2.24, 2.45) is 5.92 Å². The number of nitrogens with one attached hydrogen (secondary N) is 1. The highest BCUT2D eigenvalue weighted by Crippen LogP contribution is 2.31. The van der Waals surface area contributed by atoms with E-state index in [1.165, 1.54) is 0 Å². The molecule has 102 valence electrons. The van der Waals surface area contributed by atoms with Crippen LogP contribution in [-0.4, -0.2) is 25.2 Å². The summed E-state index contributed by atoms with van der Waals surface area (Å²) in [6, 6.07) is 0.912. The van der Waals surface area contributed by atoms with Crippen molar-refractivity contribution in [1.29, 1.82) is 0 Å². The molecule has 0 fully saturated rings.